The molecule has 0 aliphatic carbocycles. The van der Waals surface area contributed by atoms with Crippen molar-refractivity contribution in [2.24, 2.45) is 0 Å². The van der Waals surface area contributed by atoms with Crippen LogP contribution in [0.25, 0.3) is 21.2 Å². The van der Waals surface area contributed by atoms with E-state index in [4.69, 9.17) is 27.6 Å². The van der Waals surface area contributed by atoms with Gasteiger partial charge in [0.1, 0.15) is 5.58 Å². The van der Waals surface area contributed by atoms with Crippen LogP contribution < -0.4 is 4.90 Å². The van der Waals surface area contributed by atoms with E-state index in [-0.39, 0.29) is 11.3 Å². The molecule has 9 heteroatoms. The van der Waals surface area contributed by atoms with Gasteiger partial charge in [0.25, 0.3) is 5.91 Å². The molecule has 1 aliphatic rings. The number of ketones is 1. The summed E-state index contributed by atoms with van der Waals surface area (Å²) in [6.07, 6.45) is 0. The molecule has 0 radical (unpaired) electrons. The highest BCUT2D eigenvalue weighted by Gasteiger charge is 2.46. The van der Waals surface area contributed by atoms with E-state index in [1.807, 2.05) is 12.1 Å². The van der Waals surface area contributed by atoms with Crippen LogP contribution in [0.4, 0.5) is 5.13 Å². The van der Waals surface area contributed by atoms with Gasteiger partial charge in [-0.3, -0.25) is 14.5 Å². The van der Waals surface area contributed by atoms with Crippen molar-refractivity contribution in [3.63, 3.8) is 0 Å². The van der Waals surface area contributed by atoms with Crippen LogP contribution in [0.2, 0.25) is 10.0 Å². The number of rotatable bonds is 4. The zero-order chi connectivity index (χ0) is 24.3. The number of halogens is 2. The fraction of sp³-hybridized carbons (Fsp3) is 0.0385. The number of aliphatic hydroxyl groups is 1. The van der Waals surface area contributed by atoms with E-state index in [2.05, 4.69) is 4.98 Å². The first-order chi connectivity index (χ1) is 16.9. The minimum atomic E-state index is -0.934. The van der Waals surface area contributed by atoms with E-state index < -0.39 is 23.5 Å². The maximum atomic E-state index is 13.7. The summed E-state index contributed by atoms with van der Waals surface area (Å²) in [6, 6.07) is 19.8. The third kappa shape index (κ3) is 3.60. The summed E-state index contributed by atoms with van der Waals surface area (Å²) >= 11 is 13.5. The molecule has 1 unspecified atom stereocenters. The second-order valence-electron chi connectivity index (χ2n) is 7.98. The summed E-state index contributed by atoms with van der Waals surface area (Å²) < 4.78 is 6.53. The zero-order valence-electron chi connectivity index (χ0n) is 17.7. The number of furan rings is 1. The van der Waals surface area contributed by atoms with Crippen molar-refractivity contribution in [2.45, 2.75) is 6.04 Å². The number of para-hydroxylation sites is 1. The summed E-state index contributed by atoms with van der Waals surface area (Å²) in [5.41, 5.74) is 1.68. The number of carbonyl (C=O) groups is 2. The lowest BCUT2D eigenvalue weighted by Gasteiger charge is -2.24. The Hall–Kier alpha value is -3.65. The average Bonchev–Trinajstić information content (AvgIpc) is 3.53. The Morgan fingerprint density at radius 2 is 1.74 bits per heavy atom. The summed E-state index contributed by atoms with van der Waals surface area (Å²) in [5.74, 6) is -1.93. The predicted molar refractivity (Wildman–Crippen MR) is 137 cm³/mol. The molecule has 0 bridgehead atoms. The van der Waals surface area contributed by atoms with Crippen LogP contribution >= 0.6 is 34.5 Å². The van der Waals surface area contributed by atoms with E-state index in [0.717, 1.165) is 10.1 Å². The van der Waals surface area contributed by atoms with Crippen LogP contribution in [0.15, 0.2) is 88.5 Å². The minimum absolute atomic E-state index is 0.0254. The predicted octanol–water partition coefficient (Wildman–Crippen LogP) is 7.13. The van der Waals surface area contributed by atoms with Crippen molar-refractivity contribution in [3.8, 4) is 0 Å². The van der Waals surface area contributed by atoms with Gasteiger partial charge in [-0.25, -0.2) is 4.98 Å². The first-order valence-corrected chi connectivity index (χ1v) is 12.1. The third-order valence-corrected chi connectivity index (χ3v) is 7.34. The van der Waals surface area contributed by atoms with Gasteiger partial charge < -0.3 is 9.52 Å². The number of Topliss-reactive ketones (excluding diaryl/α,β-unsaturated/α-hetero) is 1. The number of fused-ring (bicyclic) bond motifs is 2. The molecule has 1 aliphatic heterocycles. The van der Waals surface area contributed by atoms with Gasteiger partial charge >= 0.3 is 0 Å². The molecular weight excluding hydrogens is 507 g/mol. The van der Waals surface area contributed by atoms with Crippen molar-refractivity contribution < 1.29 is 19.1 Å². The number of carbonyl (C=O) groups excluding carboxylic acids is 2. The van der Waals surface area contributed by atoms with E-state index in [0.29, 0.717) is 31.8 Å². The van der Waals surface area contributed by atoms with Gasteiger partial charge in [-0.15, -0.1) is 0 Å². The summed E-state index contributed by atoms with van der Waals surface area (Å²) in [6.45, 7) is 0. The lowest BCUT2D eigenvalue weighted by Crippen LogP contribution is -2.30. The average molecular weight is 521 g/mol. The Morgan fingerprint density at radius 1 is 1.00 bits per heavy atom. The molecule has 0 spiro atoms. The molecule has 2 aromatic heterocycles. The van der Waals surface area contributed by atoms with Gasteiger partial charge in [0.2, 0.25) is 5.78 Å². The summed E-state index contributed by atoms with van der Waals surface area (Å²) in [7, 11) is 0. The Labute approximate surface area is 212 Å². The molecule has 1 N–H and O–H groups in total. The van der Waals surface area contributed by atoms with Gasteiger partial charge in [0, 0.05) is 15.4 Å². The highest BCUT2D eigenvalue weighted by molar-refractivity contribution is 7.22. The molecule has 0 saturated carbocycles. The molecular formula is C26H14Cl2N2O4S. The molecule has 0 fully saturated rings. The van der Waals surface area contributed by atoms with E-state index in [1.165, 1.54) is 16.2 Å². The van der Waals surface area contributed by atoms with Crippen LogP contribution in [0.1, 0.15) is 22.2 Å². The molecule has 0 saturated heterocycles. The van der Waals surface area contributed by atoms with Gasteiger partial charge in [0.05, 0.1) is 21.8 Å². The fourth-order valence-electron chi connectivity index (χ4n) is 4.21. The maximum Gasteiger partial charge on any atom is 0.296 e. The number of aromatic nitrogens is 1. The molecule has 1 amide bonds. The van der Waals surface area contributed by atoms with Crippen molar-refractivity contribution in [1.29, 1.82) is 0 Å². The normalized spacial score (nSPS) is 16.1. The molecule has 1 atom stereocenters. The smallest absolute Gasteiger partial charge is 0.296 e. The number of hydrogen-bond acceptors (Lipinski definition) is 6. The van der Waals surface area contributed by atoms with Gasteiger partial charge in [-0.1, -0.05) is 64.9 Å². The Kier molecular flexibility index (Phi) is 5.14. The molecule has 172 valence electrons. The third-order valence-electron chi connectivity index (χ3n) is 5.83. The van der Waals surface area contributed by atoms with Crippen molar-refractivity contribution in [2.75, 3.05) is 4.90 Å². The lowest BCUT2D eigenvalue weighted by atomic mass is 9.95. The van der Waals surface area contributed by atoms with Crippen molar-refractivity contribution in [1.82, 2.24) is 4.98 Å². The quantitative estimate of drug-likeness (QED) is 0.254. The van der Waals surface area contributed by atoms with Crippen LogP contribution in [-0.2, 0) is 4.79 Å². The zero-order valence-corrected chi connectivity index (χ0v) is 20.1. The topological polar surface area (TPSA) is 83.6 Å². The van der Waals surface area contributed by atoms with E-state index >= 15 is 0 Å². The van der Waals surface area contributed by atoms with Crippen molar-refractivity contribution in [3.05, 3.63) is 105 Å². The van der Waals surface area contributed by atoms with Gasteiger partial charge in [-0.2, -0.15) is 0 Å². The Bertz CT molecular complexity index is 1650. The number of benzene rings is 3. The number of anilines is 1. The SMILES string of the molecule is O=C(C1=C(O)C(=O)N(c2nc3ccc(Cl)cc3s2)C1c1ccc(Cl)cc1)c1cc2ccccc2o1. The summed E-state index contributed by atoms with van der Waals surface area (Å²) in [5, 5.41) is 13.1. The maximum absolute atomic E-state index is 13.7. The van der Waals surface area contributed by atoms with Gasteiger partial charge in [0.15, 0.2) is 16.7 Å². The molecule has 35 heavy (non-hydrogen) atoms. The molecule has 3 aromatic carbocycles. The second-order valence-corrected chi connectivity index (χ2v) is 9.86. The molecule has 5 aromatic rings. The van der Waals surface area contributed by atoms with Gasteiger partial charge in [-0.05, 0) is 48.0 Å². The van der Waals surface area contributed by atoms with Crippen LogP contribution in [0, 0.1) is 0 Å². The largest absolute Gasteiger partial charge is 0.503 e. The fourth-order valence-corrected chi connectivity index (χ4v) is 5.61. The monoisotopic (exact) mass is 520 g/mol. The minimum Gasteiger partial charge on any atom is -0.503 e. The van der Waals surface area contributed by atoms with Crippen molar-refractivity contribution >= 4 is 72.5 Å². The first kappa shape index (κ1) is 21.9. The highest BCUT2D eigenvalue weighted by atomic mass is 35.5. The number of aliphatic hydroxyl groups excluding tert-OH is 1. The van der Waals surface area contributed by atoms with E-state index in [1.54, 1.807) is 60.7 Å². The van der Waals surface area contributed by atoms with Crippen LogP contribution in [-0.4, -0.2) is 21.8 Å². The standard InChI is InChI=1S/C26H14Cl2N2O4S/c27-15-7-5-13(6-8-15)22-21(23(31)19-11-14-3-1-2-4-18(14)34-19)24(32)25(33)30(22)26-29-17-10-9-16(28)12-20(17)35-26/h1-12,22,32H. The lowest BCUT2D eigenvalue weighted by molar-refractivity contribution is -0.117. The molecule has 6 nitrogen and oxygen atoms in total. The Morgan fingerprint density at radius 3 is 2.51 bits per heavy atom. The van der Waals surface area contributed by atoms with Crippen LogP contribution in [0.5, 0.6) is 0 Å². The number of nitrogens with zero attached hydrogens (tertiary/aromatic N) is 2. The number of amides is 1. The number of thiazole rings is 1. The molecule has 6 rings (SSSR count). The van der Waals surface area contributed by atoms with Crippen LogP contribution in [0.3, 0.4) is 0 Å². The summed E-state index contributed by atoms with van der Waals surface area (Å²) in [4.78, 5) is 32.9. The number of hydrogen-bond donors (Lipinski definition) is 1. The highest BCUT2D eigenvalue weighted by Crippen LogP contribution is 2.44. The second kappa shape index (κ2) is 8.23. The molecule has 3 heterocycles. The first-order valence-electron chi connectivity index (χ1n) is 10.5. The Balaban J connectivity index is 1.51. The van der Waals surface area contributed by atoms with E-state index in [9.17, 15) is 14.7 Å².